The van der Waals surface area contributed by atoms with Gasteiger partial charge in [0.1, 0.15) is 0 Å². The SMILES string of the molecule is CCn1cc(CN2CC3CNCC3C2)cn1. The minimum atomic E-state index is 0.890. The predicted octanol–water partition coefficient (Wildman–Crippen LogP) is 0.554. The molecular weight excluding hydrogens is 200 g/mol. The summed E-state index contributed by atoms with van der Waals surface area (Å²) in [4.78, 5) is 2.58. The Kier molecular flexibility index (Phi) is 2.69. The molecule has 1 aromatic rings. The third kappa shape index (κ3) is 1.87. The fraction of sp³-hybridized carbons (Fsp3) is 0.750. The molecule has 2 atom stereocenters. The van der Waals surface area contributed by atoms with E-state index in [1.54, 1.807) is 0 Å². The molecule has 1 N–H and O–H groups in total. The van der Waals surface area contributed by atoms with Crippen LogP contribution in [0.5, 0.6) is 0 Å². The monoisotopic (exact) mass is 220 g/mol. The van der Waals surface area contributed by atoms with Crippen LogP contribution in [0.25, 0.3) is 0 Å². The largest absolute Gasteiger partial charge is 0.316 e. The minimum Gasteiger partial charge on any atom is -0.316 e. The average molecular weight is 220 g/mol. The van der Waals surface area contributed by atoms with Crippen molar-refractivity contribution < 1.29 is 0 Å². The zero-order chi connectivity index (χ0) is 11.0. The van der Waals surface area contributed by atoms with Crippen molar-refractivity contribution in [1.29, 1.82) is 0 Å². The van der Waals surface area contributed by atoms with Crippen LogP contribution in [-0.2, 0) is 13.1 Å². The standard InChI is InChI=1S/C12H20N4/c1-2-16-7-10(3-14-16)6-15-8-11-4-13-5-12(11)9-15/h3,7,11-13H,2,4-6,8-9H2,1H3. The van der Waals surface area contributed by atoms with Crippen molar-refractivity contribution in [2.24, 2.45) is 11.8 Å². The van der Waals surface area contributed by atoms with Gasteiger partial charge in [-0.1, -0.05) is 0 Å². The number of aryl methyl sites for hydroxylation is 1. The number of hydrogen-bond acceptors (Lipinski definition) is 3. The summed E-state index contributed by atoms with van der Waals surface area (Å²) in [6.45, 7) is 9.12. The Balaban J connectivity index is 1.59. The van der Waals surface area contributed by atoms with E-state index in [1.807, 2.05) is 10.9 Å². The smallest absolute Gasteiger partial charge is 0.0534 e. The maximum absolute atomic E-state index is 4.33. The van der Waals surface area contributed by atoms with E-state index in [-0.39, 0.29) is 0 Å². The summed E-state index contributed by atoms with van der Waals surface area (Å²) in [6, 6.07) is 0. The number of hydrogen-bond donors (Lipinski definition) is 1. The average Bonchev–Trinajstić information content (AvgIpc) is 2.92. The molecule has 2 saturated heterocycles. The maximum atomic E-state index is 4.33. The number of nitrogens with zero attached hydrogens (tertiary/aromatic N) is 3. The summed E-state index contributed by atoms with van der Waals surface area (Å²) in [5, 5.41) is 7.81. The van der Waals surface area contributed by atoms with Crippen LogP contribution in [0.2, 0.25) is 0 Å². The van der Waals surface area contributed by atoms with Gasteiger partial charge in [0.2, 0.25) is 0 Å². The summed E-state index contributed by atoms with van der Waals surface area (Å²) in [6.07, 6.45) is 4.18. The summed E-state index contributed by atoms with van der Waals surface area (Å²) >= 11 is 0. The van der Waals surface area contributed by atoms with E-state index in [0.717, 1.165) is 24.9 Å². The van der Waals surface area contributed by atoms with Gasteiger partial charge in [0.15, 0.2) is 0 Å². The Morgan fingerprint density at radius 2 is 2.12 bits per heavy atom. The zero-order valence-electron chi connectivity index (χ0n) is 9.89. The molecule has 2 aliphatic rings. The molecule has 16 heavy (non-hydrogen) atoms. The lowest BCUT2D eigenvalue weighted by Crippen LogP contribution is -2.25. The lowest BCUT2D eigenvalue weighted by atomic mass is 10.0. The van der Waals surface area contributed by atoms with E-state index in [0.29, 0.717) is 0 Å². The quantitative estimate of drug-likeness (QED) is 0.808. The second-order valence-corrected chi connectivity index (χ2v) is 5.08. The van der Waals surface area contributed by atoms with E-state index in [4.69, 9.17) is 0 Å². The number of aromatic nitrogens is 2. The highest BCUT2D eigenvalue weighted by Gasteiger charge is 2.35. The maximum Gasteiger partial charge on any atom is 0.0534 e. The highest BCUT2D eigenvalue weighted by molar-refractivity contribution is 5.05. The molecule has 0 radical (unpaired) electrons. The first-order chi connectivity index (χ1) is 7.85. The highest BCUT2D eigenvalue weighted by atomic mass is 15.3. The number of fused-ring (bicyclic) bond motifs is 1. The van der Waals surface area contributed by atoms with Crippen molar-refractivity contribution >= 4 is 0 Å². The molecule has 3 rings (SSSR count). The third-order valence-corrected chi connectivity index (χ3v) is 3.88. The van der Waals surface area contributed by atoms with Crippen LogP contribution in [0.1, 0.15) is 12.5 Å². The van der Waals surface area contributed by atoms with Crippen molar-refractivity contribution in [1.82, 2.24) is 20.0 Å². The highest BCUT2D eigenvalue weighted by Crippen LogP contribution is 2.27. The summed E-state index contributed by atoms with van der Waals surface area (Å²) in [5.74, 6) is 1.78. The second kappa shape index (κ2) is 4.18. The molecule has 0 aliphatic carbocycles. The topological polar surface area (TPSA) is 33.1 Å². The zero-order valence-corrected chi connectivity index (χ0v) is 9.89. The van der Waals surface area contributed by atoms with Gasteiger partial charge in [-0.25, -0.2) is 0 Å². The number of likely N-dealkylation sites (tertiary alicyclic amines) is 1. The molecule has 88 valence electrons. The van der Waals surface area contributed by atoms with Gasteiger partial charge in [0, 0.05) is 37.9 Å². The van der Waals surface area contributed by atoms with Gasteiger partial charge in [0.05, 0.1) is 6.20 Å². The first-order valence-corrected chi connectivity index (χ1v) is 6.29. The van der Waals surface area contributed by atoms with Crippen molar-refractivity contribution in [3.8, 4) is 0 Å². The Labute approximate surface area is 96.6 Å². The summed E-state index contributed by atoms with van der Waals surface area (Å²) in [7, 11) is 0. The molecule has 4 nitrogen and oxygen atoms in total. The van der Waals surface area contributed by atoms with Crippen LogP contribution in [0, 0.1) is 11.8 Å². The third-order valence-electron chi connectivity index (χ3n) is 3.88. The molecule has 2 fully saturated rings. The molecule has 0 bridgehead atoms. The minimum absolute atomic E-state index is 0.890. The van der Waals surface area contributed by atoms with Gasteiger partial charge in [-0.15, -0.1) is 0 Å². The molecular formula is C12H20N4. The van der Waals surface area contributed by atoms with Crippen molar-refractivity contribution in [2.75, 3.05) is 26.2 Å². The molecule has 0 spiro atoms. The van der Waals surface area contributed by atoms with Crippen molar-refractivity contribution in [2.45, 2.75) is 20.0 Å². The van der Waals surface area contributed by atoms with Crippen LogP contribution in [0.3, 0.4) is 0 Å². The van der Waals surface area contributed by atoms with Crippen LogP contribution >= 0.6 is 0 Å². The van der Waals surface area contributed by atoms with Crippen molar-refractivity contribution in [3.63, 3.8) is 0 Å². The second-order valence-electron chi connectivity index (χ2n) is 5.08. The van der Waals surface area contributed by atoms with E-state index >= 15 is 0 Å². The number of rotatable bonds is 3. The van der Waals surface area contributed by atoms with Crippen LogP contribution in [-0.4, -0.2) is 40.9 Å². The summed E-state index contributed by atoms with van der Waals surface area (Å²) in [5.41, 5.74) is 1.36. The fourth-order valence-corrected chi connectivity index (χ4v) is 3.00. The van der Waals surface area contributed by atoms with Crippen LogP contribution in [0.4, 0.5) is 0 Å². The molecule has 4 heteroatoms. The van der Waals surface area contributed by atoms with E-state index < -0.39 is 0 Å². The van der Waals surface area contributed by atoms with E-state index in [9.17, 15) is 0 Å². The molecule has 2 aliphatic heterocycles. The van der Waals surface area contributed by atoms with Crippen molar-refractivity contribution in [3.05, 3.63) is 18.0 Å². The van der Waals surface area contributed by atoms with Gasteiger partial charge in [-0.2, -0.15) is 5.10 Å². The first-order valence-electron chi connectivity index (χ1n) is 6.29. The van der Waals surface area contributed by atoms with Crippen LogP contribution in [0.15, 0.2) is 12.4 Å². The van der Waals surface area contributed by atoms with Gasteiger partial charge in [-0.05, 0) is 31.8 Å². The number of nitrogens with one attached hydrogen (secondary N) is 1. The van der Waals surface area contributed by atoms with Gasteiger partial charge >= 0.3 is 0 Å². The lowest BCUT2D eigenvalue weighted by Gasteiger charge is -2.15. The van der Waals surface area contributed by atoms with Crippen LogP contribution < -0.4 is 5.32 Å². The Bertz CT molecular complexity index is 348. The fourth-order valence-electron chi connectivity index (χ4n) is 3.00. The molecule has 2 unspecified atom stereocenters. The molecule has 0 amide bonds. The Hall–Kier alpha value is -0.870. The van der Waals surface area contributed by atoms with E-state index in [1.165, 1.54) is 31.7 Å². The summed E-state index contributed by atoms with van der Waals surface area (Å²) < 4.78 is 2.01. The van der Waals surface area contributed by atoms with Gasteiger partial charge < -0.3 is 5.32 Å². The lowest BCUT2D eigenvalue weighted by molar-refractivity contribution is 0.305. The molecule has 0 aromatic carbocycles. The molecule has 0 saturated carbocycles. The Morgan fingerprint density at radius 3 is 2.75 bits per heavy atom. The predicted molar refractivity (Wildman–Crippen MR) is 63.0 cm³/mol. The molecule has 3 heterocycles. The van der Waals surface area contributed by atoms with E-state index in [2.05, 4.69) is 28.4 Å². The first kappa shape index (κ1) is 10.3. The van der Waals surface area contributed by atoms with Gasteiger partial charge in [0.25, 0.3) is 0 Å². The molecule has 1 aromatic heterocycles. The van der Waals surface area contributed by atoms with Gasteiger partial charge in [-0.3, -0.25) is 9.58 Å². The Morgan fingerprint density at radius 1 is 1.38 bits per heavy atom. The normalized spacial score (nSPS) is 29.8.